The van der Waals surface area contributed by atoms with Crippen LogP contribution in [0.5, 0.6) is 0 Å². The van der Waals surface area contributed by atoms with Gasteiger partial charge in [0.1, 0.15) is 0 Å². The summed E-state index contributed by atoms with van der Waals surface area (Å²) in [6, 6.07) is 5.61. The Kier molecular flexibility index (Phi) is 3.73. The standard InChI is InChI=1S/C16H21BN2O4/c1-6-21-14(20)13-18-12(11-9-7-8-10-19(11)13)17-22-15(2,3)16(4,5)23-17/h7-10H,6H2,1-5H3. The van der Waals surface area contributed by atoms with Crippen molar-refractivity contribution in [3.63, 3.8) is 0 Å². The zero-order chi connectivity index (χ0) is 16.8. The average molecular weight is 316 g/mol. The Labute approximate surface area is 135 Å². The van der Waals surface area contributed by atoms with Gasteiger partial charge in [-0.3, -0.25) is 4.40 Å². The Hall–Kier alpha value is -1.86. The van der Waals surface area contributed by atoms with E-state index in [0.29, 0.717) is 12.2 Å². The summed E-state index contributed by atoms with van der Waals surface area (Å²) >= 11 is 0. The first-order chi connectivity index (χ1) is 10.8. The molecule has 0 aliphatic carbocycles. The van der Waals surface area contributed by atoms with Crippen LogP contribution in [0.25, 0.3) is 5.52 Å². The van der Waals surface area contributed by atoms with E-state index in [1.165, 1.54) is 0 Å². The number of pyridine rings is 1. The summed E-state index contributed by atoms with van der Waals surface area (Å²) in [4.78, 5) is 16.6. The highest BCUT2D eigenvalue weighted by atomic mass is 16.7. The second-order valence-electron chi connectivity index (χ2n) is 6.59. The second kappa shape index (κ2) is 5.35. The van der Waals surface area contributed by atoms with Gasteiger partial charge < -0.3 is 14.0 Å². The van der Waals surface area contributed by atoms with E-state index in [-0.39, 0.29) is 5.82 Å². The topological polar surface area (TPSA) is 62.1 Å². The number of hydrogen-bond acceptors (Lipinski definition) is 5. The van der Waals surface area contributed by atoms with Crippen molar-refractivity contribution in [3.05, 3.63) is 30.2 Å². The quantitative estimate of drug-likeness (QED) is 0.638. The van der Waals surface area contributed by atoms with Crippen LogP contribution in [0.2, 0.25) is 0 Å². The highest BCUT2D eigenvalue weighted by molar-refractivity contribution is 6.63. The van der Waals surface area contributed by atoms with Gasteiger partial charge in [0.25, 0.3) is 0 Å². The number of fused-ring (bicyclic) bond motifs is 1. The minimum absolute atomic E-state index is 0.229. The van der Waals surface area contributed by atoms with Crippen LogP contribution in [-0.2, 0) is 14.0 Å². The van der Waals surface area contributed by atoms with Crippen molar-refractivity contribution in [2.24, 2.45) is 0 Å². The summed E-state index contributed by atoms with van der Waals surface area (Å²) in [6.07, 6.45) is 1.78. The van der Waals surface area contributed by atoms with Crippen LogP contribution in [0.3, 0.4) is 0 Å². The fraction of sp³-hybridized carbons (Fsp3) is 0.500. The largest absolute Gasteiger partial charge is 0.516 e. The second-order valence-corrected chi connectivity index (χ2v) is 6.59. The smallest absolute Gasteiger partial charge is 0.460 e. The van der Waals surface area contributed by atoms with Crippen LogP contribution in [0, 0.1) is 0 Å². The van der Waals surface area contributed by atoms with Gasteiger partial charge in [-0.25, -0.2) is 9.78 Å². The van der Waals surface area contributed by atoms with Gasteiger partial charge in [0.2, 0.25) is 5.82 Å². The number of rotatable bonds is 3. The number of nitrogens with zero attached hydrogens (tertiary/aromatic N) is 2. The van der Waals surface area contributed by atoms with E-state index in [0.717, 1.165) is 5.52 Å². The minimum atomic E-state index is -0.624. The summed E-state index contributed by atoms with van der Waals surface area (Å²) in [5, 5.41) is 0. The Morgan fingerprint density at radius 1 is 1.26 bits per heavy atom. The zero-order valence-electron chi connectivity index (χ0n) is 14.1. The normalized spacial score (nSPS) is 19.3. The number of aromatic nitrogens is 2. The summed E-state index contributed by atoms with van der Waals surface area (Å²) in [5.41, 5.74) is 0.431. The molecule has 1 fully saturated rings. The molecule has 2 aromatic heterocycles. The molecule has 3 rings (SSSR count). The predicted molar refractivity (Wildman–Crippen MR) is 86.9 cm³/mol. The number of carbonyl (C=O) groups excluding carboxylic acids is 1. The molecule has 1 aliphatic heterocycles. The summed E-state index contributed by atoms with van der Waals surface area (Å²) in [5.74, 6) is -0.233. The molecule has 1 saturated heterocycles. The molecule has 0 unspecified atom stereocenters. The Morgan fingerprint density at radius 3 is 2.52 bits per heavy atom. The first-order valence-electron chi connectivity index (χ1n) is 7.76. The Balaban J connectivity index is 2.08. The molecule has 23 heavy (non-hydrogen) atoms. The van der Waals surface area contributed by atoms with E-state index in [4.69, 9.17) is 14.0 Å². The molecule has 0 saturated carbocycles. The molecule has 0 N–H and O–H groups in total. The third-order valence-corrected chi connectivity index (χ3v) is 4.51. The Morgan fingerprint density at radius 2 is 1.91 bits per heavy atom. The van der Waals surface area contributed by atoms with Gasteiger partial charge in [0, 0.05) is 6.20 Å². The molecule has 0 bridgehead atoms. The van der Waals surface area contributed by atoms with E-state index >= 15 is 0 Å². The minimum Gasteiger partial charge on any atom is -0.460 e. The van der Waals surface area contributed by atoms with Gasteiger partial charge in [0.05, 0.1) is 28.9 Å². The Bertz CT molecular complexity index is 738. The van der Waals surface area contributed by atoms with Crippen LogP contribution < -0.4 is 5.59 Å². The van der Waals surface area contributed by atoms with Crippen molar-refractivity contribution >= 4 is 24.2 Å². The van der Waals surface area contributed by atoms with Gasteiger partial charge in [0.15, 0.2) is 0 Å². The first kappa shape index (κ1) is 16.0. The number of carbonyl (C=O) groups is 1. The van der Waals surface area contributed by atoms with Crippen LogP contribution in [0.1, 0.15) is 45.2 Å². The molecule has 3 heterocycles. The first-order valence-corrected chi connectivity index (χ1v) is 7.76. The highest BCUT2D eigenvalue weighted by Gasteiger charge is 2.53. The van der Waals surface area contributed by atoms with E-state index in [1.807, 2.05) is 45.9 Å². The van der Waals surface area contributed by atoms with Crippen molar-refractivity contribution in [1.29, 1.82) is 0 Å². The molecule has 6 nitrogen and oxygen atoms in total. The zero-order valence-corrected chi connectivity index (χ0v) is 14.1. The van der Waals surface area contributed by atoms with E-state index in [9.17, 15) is 4.79 Å². The molecule has 0 spiro atoms. The molecular weight excluding hydrogens is 295 g/mol. The number of ether oxygens (including phenoxy) is 1. The number of imidazole rings is 1. The summed E-state index contributed by atoms with van der Waals surface area (Å²) < 4.78 is 18.9. The lowest BCUT2D eigenvalue weighted by molar-refractivity contribution is 0.00578. The summed E-state index contributed by atoms with van der Waals surface area (Å²) in [7, 11) is -0.624. The molecule has 7 heteroatoms. The maximum atomic E-state index is 12.2. The fourth-order valence-electron chi connectivity index (χ4n) is 2.53. The van der Waals surface area contributed by atoms with Crippen LogP contribution >= 0.6 is 0 Å². The lowest BCUT2D eigenvalue weighted by Crippen LogP contribution is -2.41. The third kappa shape index (κ3) is 2.54. The molecule has 0 atom stereocenters. The lowest BCUT2D eigenvalue weighted by Gasteiger charge is -2.32. The monoisotopic (exact) mass is 316 g/mol. The van der Waals surface area contributed by atoms with Gasteiger partial charge in [-0.15, -0.1) is 0 Å². The predicted octanol–water partition coefficient (Wildman–Crippen LogP) is 1.81. The third-order valence-electron chi connectivity index (χ3n) is 4.51. The van der Waals surface area contributed by atoms with Crippen LogP contribution in [0.4, 0.5) is 0 Å². The number of esters is 1. The van der Waals surface area contributed by atoms with Crippen molar-refractivity contribution in [1.82, 2.24) is 9.38 Å². The van der Waals surface area contributed by atoms with Gasteiger partial charge >= 0.3 is 13.1 Å². The molecule has 0 aromatic carbocycles. The SMILES string of the molecule is CCOC(=O)c1nc(B2OC(C)(C)C(C)(C)O2)c2ccccn12. The fourth-order valence-corrected chi connectivity index (χ4v) is 2.53. The maximum absolute atomic E-state index is 12.2. The summed E-state index contributed by atoms with van der Waals surface area (Å²) in [6.45, 7) is 10.00. The maximum Gasteiger partial charge on any atom is 0.516 e. The van der Waals surface area contributed by atoms with E-state index in [2.05, 4.69) is 4.98 Å². The van der Waals surface area contributed by atoms with Gasteiger partial charge in [-0.2, -0.15) is 0 Å². The van der Waals surface area contributed by atoms with Crippen LogP contribution in [0.15, 0.2) is 24.4 Å². The molecule has 0 radical (unpaired) electrons. The molecule has 2 aromatic rings. The molecule has 1 aliphatic rings. The molecular formula is C16H21BN2O4. The lowest BCUT2D eigenvalue weighted by atomic mass is 9.84. The number of hydrogen-bond donors (Lipinski definition) is 0. The average Bonchev–Trinajstić information content (AvgIpc) is 2.95. The highest BCUT2D eigenvalue weighted by Crippen LogP contribution is 2.36. The molecule has 122 valence electrons. The van der Waals surface area contributed by atoms with Crippen molar-refractivity contribution in [2.45, 2.75) is 45.8 Å². The van der Waals surface area contributed by atoms with E-state index in [1.54, 1.807) is 17.5 Å². The van der Waals surface area contributed by atoms with E-state index < -0.39 is 24.3 Å². The van der Waals surface area contributed by atoms with Crippen molar-refractivity contribution in [2.75, 3.05) is 6.61 Å². The van der Waals surface area contributed by atoms with Gasteiger partial charge in [-0.05, 0) is 46.8 Å². The molecule has 0 amide bonds. The van der Waals surface area contributed by atoms with Crippen LogP contribution in [-0.4, -0.2) is 40.3 Å². The van der Waals surface area contributed by atoms with Gasteiger partial charge in [-0.1, -0.05) is 6.07 Å². The van der Waals surface area contributed by atoms with Crippen molar-refractivity contribution < 1.29 is 18.8 Å². The van der Waals surface area contributed by atoms with Crippen molar-refractivity contribution in [3.8, 4) is 0 Å².